The third kappa shape index (κ3) is 3.26. The molecule has 0 aromatic heterocycles. The summed E-state index contributed by atoms with van der Waals surface area (Å²) in [6.07, 6.45) is 0. The molecule has 2 fully saturated rings. The summed E-state index contributed by atoms with van der Waals surface area (Å²) < 4.78 is 9.57. The van der Waals surface area contributed by atoms with Gasteiger partial charge in [-0.2, -0.15) is 0 Å². The fourth-order valence-corrected chi connectivity index (χ4v) is 5.36. The number of ether oxygens (including phenoxy) is 2. The van der Waals surface area contributed by atoms with Crippen molar-refractivity contribution in [1.82, 2.24) is 4.90 Å². The van der Waals surface area contributed by atoms with Crippen molar-refractivity contribution >= 4 is 56.8 Å². The second-order valence-corrected chi connectivity index (χ2v) is 11.3. The lowest BCUT2D eigenvalue weighted by Gasteiger charge is -2.51. The van der Waals surface area contributed by atoms with Gasteiger partial charge in [0.05, 0.1) is 15.8 Å². The van der Waals surface area contributed by atoms with Crippen LogP contribution in [0.4, 0.5) is 0 Å². The predicted molar refractivity (Wildman–Crippen MR) is 97.5 cm³/mol. The lowest BCUT2D eigenvalue weighted by atomic mass is 9.93. The van der Waals surface area contributed by atoms with E-state index in [9.17, 15) is 9.59 Å². The minimum Gasteiger partial charge on any atom is -0.427 e. The standard InChI is InChI=1S/C15H22BrNO4S2/c1-13(2,3)12(19)21-7-20-9(18)8-14(4,5)23-11-15(6,16)10(22)17(8)11/h8,11H,7H2,1-6H3/t8-,11+,15?/m0/s1. The lowest BCUT2D eigenvalue weighted by Crippen LogP contribution is -2.68. The van der Waals surface area contributed by atoms with Crippen LogP contribution in [0.2, 0.25) is 0 Å². The van der Waals surface area contributed by atoms with Crippen LogP contribution in [0, 0.1) is 5.41 Å². The zero-order chi connectivity index (χ0) is 17.8. The Kier molecular flexibility index (Phi) is 4.85. The van der Waals surface area contributed by atoms with Crippen LogP contribution >= 0.6 is 39.9 Å². The summed E-state index contributed by atoms with van der Waals surface area (Å²) in [4.78, 5) is 26.8. The van der Waals surface area contributed by atoms with Crippen molar-refractivity contribution in [3.63, 3.8) is 0 Å². The van der Waals surface area contributed by atoms with Gasteiger partial charge in [-0.05, 0) is 41.5 Å². The minimum atomic E-state index is -0.628. The first-order valence-corrected chi connectivity index (χ1v) is 9.41. The molecule has 2 rings (SSSR count). The molecule has 1 unspecified atom stereocenters. The summed E-state index contributed by atoms with van der Waals surface area (Å²) in [6, 6.07) is -0.482. The topological polar surface area (TPSA) is 55.8 Å². The van der Waals surface area contributed by atoms with E-state index in [4.69, 9.17) is 21.7 Å². The molecule has 2 heterocycles. The number of rotatable bonds is 3. The number of carbonyl (C=O) groups is 2. The highest BCUT2D eigenvalue weighted by Gasteiger charge is 2.66. The van der Waals surface area contributed by atoms with E-state index >= 15 is 0 Å². The van der Waals surface area contributed by atoms with Gasteiger partial charge in [0.15, 0.2) is 0 Å². The highest BCUT2D eigenvalue weighted by molar-refractivity contribution is 9.10. The molecule has 0 bridgehead atoms. The Labute approximate surface area is 154 Å². The number of esters is 2. The average molecular weight is 424 g/mol. The summed E-state index contributed by atoms with van der Waals surface area (Å²) in [5.74, 6) is -0.826. The highest BCUT2D eigenvalue weighted by atomic mass is 79.9. The molecule has 0 spiro atoms. The molecule has 5 nitrogen and oxygen atoms in total. The summed E-state index contributed by atoms with van der Waals surface area (Å²) in [5, 5.41) is 0.0969. The SMILES string of the molecule is CC(C)(C)C(=O)OCOC(=O)[C@@H]1N2C(=S)C(C)(Br)[C@H]2SC1(C)C. The third-order valence-corrected chi connectivity index (χ3v) is 7.71. The normalized spacial score (nSPS) is 32.1. The number of fused-ring (bicyclic) bond motifs is 1. The van der Waals surface area contributed by atoms with E-state index in [0.717, 1.165) is 0 Å². The van der Waals surface area contributed by atoms with Gasteiger partial charge in [0, 0.05) is 4.75 Å². The van der Waals surface area contributed by atoms with Crippen molar-refractivity contribution in [2.75, 3.05) is 6.79 Å². The van der Waals surface area contributed by atoms with E-state index in [-0.39, 0.29) is 21.2 Å². The maximum Gasteiger partial charge on any atom is 0.333 e. The first-order chi connectivity index (χ1) is 10.3. The fourth-order valence-electron chi connectivity index (χ4n) is 2.60. The second-order valence-electron chi connectivity index (χ2n) is 7.53. The van der Waals surface area contributed by atoms with Crippen molar-refractivity contribution in [3.8, 4) is 0 Å². The molecule has 0 aromatic carbocycles. The van der Waals surface area contributed by atoms with Crippen molar-refractivity contribution in [3.05, 3.63) is 0 Å². The molecule has 0 radical (unpaired) electrons. The number of hydrogen-bond donors (Lipinski definition) is 0. The van der Waals surface area contributed by atoms with Gasteiger partial charge in [-0.1, -0.05) is 28.1 Å². The molecule has 23 heavy (non-hydrogen) atoms. The third-order valence-electron chi connectivity index (χ3n) is 3.95. The van der Waals surface area contributed by atoms with E-state index < -0.39 is 23.4 Å². The van der Waals surface area contributed by atoms with Crippen LogP contribution in [0.25, 0.3) is 0 Å². The van der Waals surface area contributed by atoms with E-state index in [1.165, 1.54) is 0 Å². The molecule has 8 heteroatoms. The fraction of sp³-hybridized carbons (Fsp3) is 0.800. The van der Waals surface area contributed by atoms with Crippen LogP contribution in [-0.4, -0.2) is 49.1 Å². The molecular formula is C15H22BrNO4S2. The van der Waals surface area contributed by atoms with E-state index in [1.807, 2.05) is 25.7 Å². The average Bonchev–Trinajstić information content (AvgIpc) is 2.67. The van der Waals surface area contributed by atoms with Crippen LogP contribution in [0.1, 0.15) is 41.5 Å². The van der Waals surface area contributed by atoms with Crippen LogP contribution in [0.15, 0.2) is 0 Å². The van der Waals surface area contributed by atoms with Gasteiger partial charge in [-0.15, -0.1) is 11.8 Å². The van der Waals surface area contributed by atoms with Crippen molar-refractivity contribution in [2.24, 2.45) is 5.41 Å². The molecule has 0 amide bonds. The summed E-state index contributed by atoms with van der Waals surface area (Å²) in [6.45, 7) is 10.9. The Bertz CT molecular complexity index is 556. The van der Waals surface area contributed by atoms with Gasteiger partial charge in [0.2, 0.25) is 6.79 Å². The molecule has 0 aromatic rings. The highest BCUT2D eigenvalue weighted by Crippen LogP contribution is 2.58. The summed E-state index contributed by atoms with van der Waals surface area (Å²) in [7, 11) is 0. The van der Waals surface area contributed by atoms with E-state index in [0.29, 0.717) is 4.99 Å². The van der Waals surface area contributed by atoms with Gasteiger partial charge in [-0.3, -0.25) is 4.79 Å². The Balaban J connectivity index is 2.00. The largest absolute Gasteiger partial charge is 0.427 e. The zero-order valence-electron chi connectivity index (χ0n) is 14.1. The molecule has 130 valence electrons. The van der Waals surface area contributed by atoms with Crippen LogP contribution < -0.4 is 0 Å². The number of thiocarbonyl (C=S) groups is 1. The van der Waals surface area contributed by atoms with Crippen LogP contribution in [0.5, 0.6) is 0 Å². The van der Waals surface area contributed by atoms with Crippen molar-refractivity contribution in [1.29, 1.82) is 0 Å². The van der Waals surface area contributed by atoms with Crippen molar-refractivity contribution < 1.29 is 19.1 Å². The Hall–Kier alpha value is -0.340. The first-order valence-electron chi connectivity index (χ1n) is 7.33. The maximum absolute atomic E-state index is 12.5. The number of halogens is 1. The molecule has 2 saturated heterocycles. The smallest absolute Gasteiger partial charge is 0.333 e. The number of nitrogens with zero attached hydrogens (tertiary/aromatic N) is 1. The van der Waals surface area contributed by atoms with Gasteiger partial charge < -0.3 is 14.4 Å². The number of hydrogen-bond acceptors (Lipinski definition) is 6. The molecule has 0 saturated carbocycles. The predicted octanol–water partition coefficient (Wildman–Crippen LogP) is 3.09. The molecule has 0 N–H and O–H groups in total. The van der Waals surface area contributed by atoms with E-state index in [1.54, 1.807) is 32.5 Å². The van der Waals surface area contributed by atoms with Gasteiger partial charge in [-0.25, -0.2) is 4.79 Å². The molecule has 2 aliphatic rings. The minimum absolute atomic E-state index is 0.0969. The maximum atomic E-state index is 12.5. The number of thioether (sulfide) groups is 1. The quantitative estimate of drug-likeness (QED) is 0.299. The van der Waals surface area contributed by atoms with Crippen molar-refractivity contribution in [2.45, 2.75) is 62.0 Å². The monoisotopic (exact) mass is 423 g/mol. The number of carbonyl (C=O) groups excluding carboxylic acids is 2. The second kappa shape index (κ2) is 5.88. The van der Waals surface area contributed by atoms with Crippen LogP contribution in [-0.2, 0) is 19.1 Å². The molecule has 3 atom stereocenters. The van der Waals surface area contributed by atoms with Crippen LogP contribution in [0.3, 0.4) is 0 Å². The summed E-state index contributed by atoms with van der Waals surface area (Å²) >= 11 is 10.8. The molecule has 2 aliphatic heterocycles. The lowest BCUT2D eigenvalue weighted by molar-refractivity contribution is -0.175. The Morgan fingerprint density at radius 2 is 1.87 bits per heavy atom. The molecular weight excluding hydrogens is 402 g/mol. The number of alkyl halides is 1. The van der Waals surface area contributed by atoms with Gasteiger partial charge >= 0.3 is 11.9 Å². The summed E-state index contributed by atoms with van der Waals surface area (Å²) in [5.41, 5.74) is -0.628. The van der Waals surface area contributed by atoms with E-state index in [2.05, 4.69) is 15.9 Å². The molecule has 0 aliphatic carbocycles. The van der Waals surface area contributed by atoms with Gasteiger partial charge in [0.25, 0.3) is 0 Å². The first kappa shape index (κ1) is 19.0. The Morgan fingerprint density at radius 3 is 2.39 bits per heavy atom. The Morgan fingerprint density at radius 1 is 1.30 bits per heavy atom. The zero-order valence-corrected chi connectivity index (χ0v) is 17.4. The van der Waals surface area contributed by atoms with Gasteiger partial charge in [0.1, 0.15) is 10.4 Å².